The molecule has 0 unspecified atom stereocenters. The number of fused-ring (bicyclic) bond motifs is 2. The molecular weight excluding hydrogens is 328 g/mol. The summed E-state index contributed by atoms with van der Waals surface area (Å²) in [5.74, 6) is 2.80. The van der Waals surface area contributed by atoms with E-state index in [9.17, 15) is 0 Å². The molecule has 1 aromatic carbocycles. The molecule has 8 nitrogen and oxygen atoms in total. The van der Waals surface area contributed by atoms with Crippen molar-refractivity contribution in [1.29, 1.82) is 0 Å². The molecule has 4 heterocycles. The monoisotopic (exact) mass is 346 g/mol. The molecule has 5 rings (SSSR count). The number of aromatic nitrogens is 6. The standard InChI is InChI=1S/C18H18N8/c1-11-2-3-12-13(8-11)23-18(22-12)16-17(19)21-9-14(24-16)26-7-6-25-5-4-20-15(25)10-26/h2-5,8-9H,6-7,10H2,1H3,(H2,19,21)(H,22,23). The molecular formula is C18H18N8. The van der Waals surface area contributed by atoms with Crippen molar-refractivity contribution >= 4 is 22.7 Å². The third-order valence-corrected chi connectivity index (χ3v) is 4.72. The Morgan fingerprint density at radius 3 is 3.00 bits per heavy atom. The van der Waals surface area contributed by atoms with Gasteiger partial charge < -0.3 is 20.2 Å². The molecule has 0 amide bonds. The summed E-state index contributed by atoms with van der Waals surface area (Å²) in [5, 5.41) is 0. The second-order valence-corrected chi connectivity index (χ2v) is 6.53. The smallest absolute Gasteiger partial charge is 0.161 e. The van der Waals surface area contributed by atoms with E-state index in [1.165, 1.54) is 5.56 Å². The molecule has 8 heteroatoms. The maximum atomic E-state index is 6.09. The van der Waals surface area contributed by atoms with Crippen molar-refractivity contribution in [2.75, 3.05) is 17.2 Å². The molecule has 26 heavy (non-hydrogen) atoms. The van der Waals surface area contributed by atoms with Gasteiger partial charge in [-0.1, -0.05) is 6.07 Å². The lowest BCUT2D eigenvalue weighted by molar-refractivity contribution is 0.556. The zero-order valence-corrected chi connectivity index (χ0v) is 14.3. The lowest BCUT2D eigenvalue weighted by atomic mass is 10.2. The van der Waals surface area contributed by atoms with E-state index in [0.717, 1.165) is 35.8 Å². The lowest BCUT2D eigenvalue weighted by Crippen LogP contribution is -2.34. The Kier molecular flexibility index (Phi) is 3.18. The van der Waals surface area contributed by atoms with Gasteiger partial charge in [0.25, 0.3) is 0 Å². The highest BCUT2D eigenvalue weighted by molar-refractivity contribution is 5.81. The Morgan fingerprint density at radius 1 is 1.15 bits per heavy atom. The normalized spacial score (nSPS) is 14.0. The van der Waals surface area contributed by atoms with E-state index in [0.29, 0.717) is 23.9 Å². The lowest BCUT2D eigenvalue weighted by Gasteiger charge is -2.28. The number of imidazole rings is 2. The summed E-state index contributed by atoms with van der Waals surface area (Å²) in [6.07, 6.45) is 5.54. The highest BCUT2D eigenvalue weighted by atomic mass is 15.3. The van der Waals surface area contributed by atoms with Crippen molar-refractivity contribution < 1.29 is 0 Å². The van der Waals surface area contributed by atoms with Gasteiger partial charge in [-0.25, -0.2) is 19.9 Å². The van der Waals surface area contributed by atoms with E-state index < -0.39 is 0 Å². The van der Waals surface area contributed by atoms with E-state index in [1.54, 1.807) is 6.20 Å². The minimum Gasteiger partial charge on any atom is -0.382 e. The molecule has 4 aromatic rings. The number of benzene rings is 1. The van der Waals surface area contributed by atoms with E-state index in [4.69, 9.17) is 10.7 Å². The number of H-pyrrole nitrogens is 1. The average molecular weight is 346 g/mol. The Labute approximate surface area is 149 Å². The summed E-state index contributed by atoms with van der Waals surface area (Å²) >= 11 is 0. The molecule has 0 saturated carbocycles. The van der Waals surface area contributed by atoms with Gasteiger partial charge in [0.2, 0.25) is 0 Å². The molecule has 130 valence electrons. The van der Waals surface area contributed by atoms with Crippen molar-refractivity contribution in [3.05, 3.63) is 48.2 Å². The molecule has 0 spiro atoms. The first-order valence-corrected chi connectivity index (χ1v) is 8.51. The predicted molar refractivity (Wildman–Crippen MR) is 99.5 cm³/mol. The summed E-state index contributed by atoms with van der Waals surface area (Å²) in [6.45, 7) is 4.47. The van der Waals surface area contributed by atoms with E-state index in [1.807, 2.05) is 24.5 Å². The van der Waals surface area contributed by atoms with Crippen LogP contribution in [0, 0.1) is 6.92 Å². The van der Waals surface area contributed by atoms with Gasteiger partial charge in [-0.3, -0.25) is 0 Å². The maximum absolute atomic E-state index is 6.09. The summed E-state index contributed by atoms with van der Waals surface area (Å²) in [7, 11) is 0. The van der Waals surface area contributed by atoms with E-state index in [-0.39, 0.29) is 0 Å². The highest BCUT2D eigenvalue weighted by Crippen LogP contribution is 2.26. The third kappa shape index (κ3) is 2.38. The fraction of sp³-hybridized carbons (Fsp3) is 0.222. The van der Waals surface area contributed by atoms with Crippen LogP contribution in [-0.2, 0) is 13.1 Å². The van der Waals surface area contributed by atoms with E-state index >= 15 is 0 Å². The first-order chi connectivity index (χ1) is 12.7. The first-order valence-electron chi connectivity index (χ1n) is 8.51. The molecule has 3 aromatic heterocycles. The highest BCUT2D eigenvalue weighted by Gasteiger charge is 2.20. The topological polar surface area (TPSA) is 102 Å². The zero-order valence-electron chi connectivity index (χ0n) is 14.3. The Balaban J connectivity index is 1.54. The number of nitrogens with two attached hydrogens (primary N) is 1. The summed E-state index contributed by atoms with van der Waals surface area (Å²) in [5.41, 5.74) is 9.69. The second-order valence-electron chi connectivity index (χ2n) is 6.53. The quantitative estimate of drug-likeness (QED) is 0.576. The van der Waals surface area contributed by atoms with Crippen LogP contribution in [0.4, 0.5) is 11.6 Å². The molecule has 3 N–H and O–H groups in total. The van der Waals surface area contributed by atoms with Crippen LogP contribution in [0.2, 0.25) is 0 Å². The van der Waals surface area contributed by atoms with Crippen LogP contribution < -0.4 is 10.6 Å². The SMILES string of the molecule is Cc1ccc2nc(-c3nc(N4CCn5ccnc5C4)cnc3N)[nH]c2c1. The minimum atomic E-state index is 0.364. The Hall–Kier alpha value is -3.42. The molecule has 0 fully saturated rings. The number of aryl methyl sites for hydroxylation is 1. The average Bonchev–Trinajstić information content (AvgIpc) is 3.27. The van der Waals surface area contributed by atoms with Gasteiger partial charge in [0.15, 0.2) is 17.3 Å². The maximum Gasteiger partial charge on any atom is 0.161 e. The number of nitrogen functional groups attached to an aromatic ring is 1. The summed E-state index contributed by atoms with van der Waals surface area (Å²) in [4.78, 5) is 23.6. The molecule has 1 aliphatic rings. The van der Waals surface area contributed by atoms with Crippen LogP contribution >= 0.6 is 0 Å². The molecule has 0 radical (unpaired) electrons. The molecule has 0 aliphatic carbocycles. The predicted octanol–water partition coefficient (Wildman–Crippen LogP) is 2.13. The number of nitrogens with zero attached hydrogens (tertiary/aromatic N) is 6. The molecule has 0 atom stereocenters. The Bertz CT molecular complexity index is 1110. The molecule has 0 bridgehead atoms. The van der Waals surface area contributed by atoms with Gasteiger partial charge in [-0.15, -0.1) is 0 Å². The van der Waals surface area contributed by atoms with Gasteiger partial charge in [-0.05, 0) is 24.6 Å². The van der Waals surface area contributed by atoms with Gasteiger partial charge in [0.1, 0.15) is 11.6 Å². The fourth-order valence-corrected chi connectivity index (χ4v) is 3.32. The van der Waals surface area contributed by atoms with Crippen LogP contribution in [0.25, 0.3) is 22.6 Å². The van der Waals surface area contributed by atoms with Crippen LogP contribution in [0.15, 0.2) is 36.8 Å². The van der Waals surface area contributed by atoms with Gasteiger partial charge in [0.05, 0.1) is 23.8 Å². The van der Waals surface area contributed by atoms with E-state index in [2.05, 4.69) is 42.4 Å². The van der Waals surface area contributed by atoms with Crippen LogP contribution in [0.5, 0.6) is 0 Å². The van der Waals surface area contributed by atoms with Crippen molar-refractivity contribution in [1.82, 2.24) is 29.5 Å². The zero-order chi connectivity index (χ0) is 17.7. The van der Waals surface area contributed by atoms with Crippen LogP contribution in [0.1, 0.15) is 11.4 Å². The summed E-state index contributed by atoms with van der Waals surface area (Å²) in [6, 6.07) is 6.08. The van der Waals surface area contributed by atoms with Gasteiger partial charge in [-0.2, -0.15) is 0 Å². The summed E-state index contributed by atoms with van der Waals surface area (Å²) < 4.78 is 2.16. The number of nitrogens with one attached hydrogen (secondary N) is 1. The first kappa shape index (κ1) is 14.9. The second kappa shape index (κ2) is 5.55. The Morgan fingerprint density at radius 2 is 2.08 bits per heavy atom. The van der Waals surface area contributed by atoms with Crippen molar-refractivity contribution in [2.45, 2.75) is 20.0 Å². The van der Waals surface area contributed by atoms with Crippen LogP contribution in [0.3, 0.4) is 0 Å². The fourth-order valence-electron chi connectivity index (χ4n) is 3.32. The van der Waals surface area contributed by atoms with Gasteiger partial charge in [0, 0.05) is 25.5 Å². The minimum absolute atomic E-state index is 0.364. The molecule has 0 saturated heterocycles. The van der Waals surface area contributed by atoms with Crippen LogP contribution in [-0.4, -0.2) is 36.0 Å². The largest absolute Gasteiger partial charge is 0.382 e. The number of hydrogen-bond donors (Lipinski definition) is 2. The van der Waals surface area contributed by atoms with Crippen molar-refractivity contribution in [2.24, 2.45) is 0 Å². The third-order valence-electron chi connectivity index (χ3n) is 4.72. The van der Waals surface area contributed by atoms with Crippen molar-refractivity contribution in [3.63, 3.8) is 0 Å². The number of hydrogen-bond acceptors (Lipinski definition) is 6. The number of anilines is 2. The van der Waals surface area contributed by atoms with Crippen molar-refractivity contribution in [3.8, 4) is 11.5 Å². The van der Waals surface area contributed by atoms with Gasteiger partial charge >= 0.3 is 0 Å². The molecule has 1 aliphatic heterocycles. The number of rotatable bonds is 2. The number of aromatic amines is 1.